The van der Waals surface area contributed by atoms with Gasteiger partial charge in [-0.15, -0.1) is 0 Å². The number of hydrogen-bond acceptors (Lipinski definition) is 8. The van der Waals surface area contributed by atoms with Crippen molar-refractivity contribution in [3.63, 3.8) is 0 Å². The van der Waals surface area contributed by atoms with E-state index in [0.29, 0.717) is 52.9 Å². The molecule has 0 atom stereocenters. The lowest BCUT2D eigenvalue weighted by Gasteiger charge is -2.36. The molecule has 0 unspecified atom stereocenters. The summed E-state index contributed by atoms with van der Waals surface area (Å²) in [4.78, 5) is 11.7. The lowest BCUT2D eigenvalue weighted by atomic mass is 9.78. The zero-order valence-electron chi connectivity index (χ0n) is 23.7. The van der Waals surface area contributed by atoms with Crippen LogP contribution in [-0.4, -0.2) is 48.6 Å². The fraction of sp³-hybridized carbons (Fsp3) is 0.467. The Morgan fingerprint density at radius 1 is 1.24 bits per heavy atom. The maximum absolute atomic E-state index is 11.7. The monoisotopic (exact) mass is 616 g/mol. The highest BCUT2D eigenvalue weighted by Gasteiger charge is 2.38. The summed E-state index contributed by atoms with van der Waals surface area (Å²) in [6.45, 7) is 5.88. The van der Waals surface area contributed by atoms with Crippen molar-refractivity contribution in [2.45, 2.75) is 89.6 Å². The van der Waals surface area contributed by atoms with Crippen LogP contribution >= 0.6 is 23.2 Å². The molecule has 3 aromatic rings. The van der Waals surface area contributed by atoms with Crippen LogP contribution in [-0.2, 0) is 16.9 Å². The molecular formula is C30H34Cl2N4O6. The van der Waals surface area contributed by atoms with Gasteiger partial charge in [0.1, 0.15) is 11.5 Å². The normalized spacial score (nSPS) is 22.4. The van der Waals surface area contributed by atoms with Crippen LogP contribution in [0.3, 0.4) is 0 Å². The van der Waals surface area contributed by atoms with Gasteiger partial charge < -0.3 is 24.7 Å². The number of aliphatic hydroxyl groups is 1. The summed E-state index contributed by atoms with van der Waals surface area (Å²) in [6.07, 6.45) is 6.84. The molecule has 2 aromatic heterocycles. The predicted octanol–water partition coefficient (Wildman–Crippen LogP) is 7.08. The number of benzene rings is 1. The van der Waals surface area contributed by atoms with Crippen LogP contribution in [0.5, 0.6) is 0 Å². The molecule has 1 aromatic carbocycles. The third-order valence-corrected chi connectivity index (χ3v) is 8.76. The molecule has 2 saturated carbocycles. The Hall–Kier alpha value is -3.18. The third-order valence-electron chi connectivity index (χ3n) is 8.07. The Balaban J connectivity index is 1.34. The van der Waals surface area contributed by atoms with Crippen molar-refractivity contribution >= 4 is 51.9 Å². The zero-order chi connectivity index (χ0) is 30.2. The van der Waals surface area contributed by atoms with Crippen molar-refractivity contribution in [1.29, 1.82) is 0 Å². The fourth-order valence-electron chi connectivity index (χ4n) is 5.63. The summed E-state index contributed by atoms with van der Waals surface area (Å²) in [5.41, 5.74) is 1.97. The van der Waals surface area contributed by atoms with Gasteiger partial charge in [-0.3, -0.25) is 4.68 Å². The second-order valence-electron chi connectivity index (χ2n) is 11.2. The molecule has 0 spiro atoms. The van der Waals surface area contributed by atoms with Gasteiger partial charge in [0.05, 0.1) is 35.1 Å². The number of carboxylic acid groups (broad SMARTS) is 1. The van der Waals surface area contributed by atoms with Crippen LogP contribution in [0.25, 0.3) is 16.5 Å². The number of aromatic carboxylic acids is 1. The van der Waals surface area contributed by atoms with Gasteiger partial charge in [0, 0.05) is 33.5 Å². The van der Waals surface area contributed by atoms with Crippen LogP contribution in [0.1, 0.15) is 104 Å². The average Bonchev–Trinajstić information content (AvgIpc) is 3.61. The summed E-state index contributed by atoms with van der Waals surface area (Å²) in [6, 6.07) is 5.35. The quantitative estimate of drug-likeness (QED) is 0.0948. The number of fused-ring (bicyclic) bond motifs is 1. The van der Waals surface area contributed by atoms with Crippen molar-refractivity contribution in [2.24, 2.45) is 5.16 Å². The molecule has 2 fully saturated rings. The van der Waals surface area contributed by atoms with E-state index in [1.165, 1.54) is 0 Å². The van der Waals surface area contributed by atoms with E-state index in [2.05, 4.69) is 15.4 Å². The molecule has 3 N–H and O–H groups in total. The van der Waals surface area contributed by atoms with Gasteiger partial charge in [-0.25, -0.2) is 4.79 Å². The Bertz CT molecular complexity index is 1580. The molecule has 0 amide bonds. The minimum absolute atomic E-state index is 0.00618. The van der Waals surface area contributed by atoms with Crippen LogP contribution < -0.4 is 0 Å². The Labute approximate surface area is 253 Å². The molecule has 0 saturated heterocycles. The third kappa shape index (κ3) is 5.86. The first-order valence-electron chi connectivity index (χ1n) is 14.1. The number of carboxylic acids is 1. The number of allylic oxidation sites excluding steroid dienone is 4. The Morgan fingerprint density at radius 3 is 2.55 bits per heavy atom. The molecule has 42 heavy (non-hydrogen) atoms. The van der Waals surface area contributed by atoms with Gasteiger partial charge in [-0.05, 0) is 77.0 Å². The summed E-state index contributed by atoms with van der Waals surface area (Å²) >= 11 is 12.9. The second-order valence-corrected chi connectivity index (χ2v) is 12.0. The van der Waals surface area contributed by atoms with E-state index in [-0.39, 0.29) is 35.4 Å². The molecule has 2 aliphatic carbocycles. The van der Waals surface area contributed by atoms with E-state index in [4.69, 9.17) is 37.7 Å². The largest absolute Gasteiger partial charge is 0.476 e. The van der Waals surface area contributed by atoms with Crippen molar-refractivity contribution in [3.8, 4) is 0 Å². The number of halogens is 2. The lowest BCUT2D eigenvalue weighted by Crippen LogP contribution is -2.34. The molecule has 0 radical (unpaired) electrons. The molecule has 2 heterocycles. The van der Waals surface area contributed by atoms with Gasteiger partial charge in [-0.1, -0.05) is 45.7 Å². The van der Waals surface area contributed by atoms with Gasteiger partial charge in [0.25, 0.3) is 0 Å². The highest BCUT2D eigenvalue weighted by molar-refractivity contribution is 6.47. The highest BCUT2D eigenvalue weighted by Crippen LogP contribution is 2.46. The number of oxime groups is 1. The van der Waals surface area contributed by atoms with E-state index in [0.717, 1.165) is 35.9 Å². The summed E-state index contributed by atoms with van der Waals surface area (Å²) in [5, 5.41) is 42.9. The van der Waals surface area contributed by atoms with Crippen molar-refractivity contribution in [2.75, 3.05) is 0 Å². The van der Waals surface area contributed by atoms with Crippen LogP contribution in [0, 0.1) is 0 Å². The predicted molar refractivity (Wildman–Crippen MR) is 159 cm³/mol. The number of carbonyl (C=O) groups is 1. The first kappa shape index (κ1) is 30.3. The van der Waals surface area contributed by atoms with Crippen molar-refractivity contribution < 1.29 is 29.5 Å². The minimum atomic E-state index is -1.08. The van der Waals surface area contributed by atoms with Crippen molar-refractivity contribution in [1.82, 2.24) is 14.9 Å². The lowest BCUT2D eigenvalue weighted by molar-refractivity contribution is -0.0641. The SMILES string of the molecule is C\C=C(Cl)/C(=C(Cl)\C=N\O)c1noc(C2CC2)c1COC1CCC(O)(c2ccc3c(C(=O)O)nn(C(C)C)c3c2)CC1. The maximum Gasteiger partial charge on any atom is 0.357 e. The Morgan fingerprint density at radius 2 is 1.95 bits per heavy atom. The summed E-state index contributed by atoms with van der Waals surface area (Å²) in [5.74, 6) is -0.0756. The van der Waals surface area contributed by atoms with Crippen LogP contribution in [0.2, 0.25) is 0 Å². The first-order valence-corrected chi connectivity index (χ1v) is 14.8. The number of hydrogen-bond donors (Lipinski definition) is 3. The van der Waals surface area contributed by atoms with Crippen LogP contribution in [0.15, 0.2) is 44.0 Å². The van der Waals surface area contributed by atoms with Gasteiger partial charge >= 0.3 is 5.97 Å². The van der Waals surface area contributed by atoms with Crippen molar-refractivity contribution in [3.05, 3.63) is 62.6 Å². The summed E-state index contributed by atoms with van der Waals surface area (Å²) in [7, 11) is 0. The zero-order valence-corrected chi connectivity index (χ0v) is 25.2. The number of ether oxygens (including phenoxy) is 1. The number of rotatable bonds is 10. The second kappa shape index (κ2) is 12.2. The van der Waals surface area contributed by atoms with Gasteiger partial charge in [-0.2, -0.15) is 5.10 Å². The van der Waals surface area contributed by atoms with Gasteiger partial charge in [0.15, 0.2) is 5.69 Å². The molecular weight excluding hydrogens is 583 g/mol. The van der Waals surface area contributed by atoms with E-state index >= 15 is 0 Å². The topological polar surface area (TPSA) is 143 Å². The van der Waals surface area contributed by atoms with Gasteiger partial charge in [0.2, 0.25) is 0 Å². The standard InChI is InChI=1S/C30H34Cl2N4O6/c1-4-22(31)25(23(32)14-33-40)26-21(28(42-35-26)17-5-6-17)15-41-19-9-11-30(39,12-10-19)18-7-8-20-24(13-18)36(16(2)3)34-27(20)29(37)38/h4,7-8,13-14,16-17,19,39-40H,5-6,9-12,15H2,1-3H3,(H,37,38)/b22-4+,25-23-,33-14+. The molecule has 0 bridgehead atoms. The highest BCUT2D eigenvalue weighted by atomic mass is 35.5. The smallest absolute Gasteiger partial charge is 0.357 e. The molecule has 10 nitrogen and oxygen atoms in total. The maximum atomic E-state index is 11.7. The van der Waals surface area contributed by atoms with E-state index in [9.17, 15) is 15.0 Å². The molecule has 0 aliphatic heterocycles. The molecule has 224 valence electrons. The summed E-state index contributed by atoms with van der Waals surface area (Å²) < 4.78 is 13.8. The first-order chi connectivity index (χ1) is 20.1. The van der Waals surface area contributed by atoms with E-state index in [1.807, 2.05) is 19.9 Å². The molecule has 2 aliphatic rings. The Kier molecular flexibility index (Phi) is 8.80. The fourth-order valence-corrected chi connectivity index (χ4v) is 6.10. The average molecular weight is 618 g/mol. The number of aromatic nitrogens is 3. The number of nitrogens with zero attached hydrogens (tertiary/aromatic N) is 4. The van der Waals surface area contributed by atoms with E-state index < -0.39 is 11.6 Å². The minimum Gasteiger partial charge on any atom is -0.476 e. The van der Waals surface area contributed by atoms with Crippen LogP contribution in [0.4, 0.5) is 0 Å². The molecule has 5 rings (SSSR count). The molecule has 12 heteroatoms. The van der Waals surface area contributed by atoms with E-state index in [1.54, 1.807) is 29.8 Å².